The van der Waals surface area contributed by atoms with Crippen LogP contribution in [0, 0.1) is 0 Å². The number of aromatic hydroxyl groups is 1. The molecule has 164 valence electrons. The molecule has 0 aromatic carbocycles. The fourth-order valence-electron chi connectivity index (χ4n) is 3.84. The highest BCUT2D eigenvalue weighted by Crippen LogP contribution is 2.43. The number of carbonyl (C=O) groups is 1. The average molecular weight is 452 g/mol. The molecule has 3 N–H and O–H groups in total. The normalized spacial score (nSPS) is 21.9. The van der Waals surface area contributed by atoms with Crippen LogP contribution in [0.3, 0.4) is 0 Å². The molecule has 0 radical (unpaired) electrons. The first-order valence-electron chi connectivity index (χ1n) is 10.7. The molecular weight excluding hydrogens is 430 g/mol. The third-order valence-corrected chi connectivity index (χ3v) is 7.18. The van der Waals surface area contributed by atoms with Crippen LogP contribution in [0.15, 0.2) is 33.0 Å². The van der Waals surface area contributed by atoms with Gasteiger partial charge in [-0.05, 0) is 31.8 Å². The minimum Gasteiger partial charge on any atom is -0.493 e. The number of nitrogens with zero attached hydrogens (tertiary/aromatic N) is 5. The van der Waals surface area contributed by atoms with Gasteiger partial charge in [0.05, 0.1) is 28.1 Å². The molecule has 3 aliphatic rings. The number of likely N-dealkylation sites (tertiary alicyclic amines) is 1. The van der Waals surface area contributed by atoms with Crippen LogP contribution < -0.4 is 16.4 Å². The van der Waals surface area contributed by atoms with Crippen molar-refractivity contribution in [3.05, 3.63) is 55.8 Å². The van der Waals surface area contributed by atoms with Crippen LogP contribution in [0.2, 0.25) is 0 Å². The topological polar surface area (TPSA) is 132 Å². The molecule has 1 saturated heterocycles. The summed E-state index contributed by atoms with van der Waals surface area (Å²) in [5.41, 5.74) is 1.92. The zero-order chi connectivity index (χ0) is 21.8. The van der Waals surface area contributed by atoms with Crippen LogP contribution in [0.1, 0.15) is 42.3 Å². The number of fused-ring (bicyclic) bond motifs is 1. The summed E-state index contributed by atoms with van der Waals surface area (Å²) in [6.45, 7) is 1.66. The lowest BCUT2D eigenvalue weighted by molar-refractivity contribution is -0.129. The molecule has 1 unspecified atom stereocenters. The third-order valence-electron chi connectivity index (χ3n) is 5.87. The molecular formula is C21H21N7O3S. The number of amides is 1. The smallest absolute Gasteiger partial charge is 0.326 e. The maximum absolute atomic E-state index is 12.6. The zero-order valence-corrected chi connectivity index (χ0v) is 17.9. The highest BCUT2D eigenvalue weighted by atomic mass is 32.2. The van der Waals surface area contributed by atoms with Crippen molar-refractivity contribution < 1.29 is 9.90 Å². The third kappa shape index (κ3) is 3.42. The summed E-state index contributed by atoms with van der Waals surface area (Å²) in [6.07, 6.45) is 9.20. The molecule has 1 saturated carbocycles. The van der Waals surface area contributed by atoms with E-state index in [1.54, 1.807) is 28.6 Å². The van der Waals surface area contributed by atoms with Gasteiger partial charge in [-0.1, -0.05) is 6.08 Å². The van der Waals surface area contributed by atoms with Gasteiger partial charge in [0, 0.05) is 24.4 Å². The highest BCUT2D eigenvalue weighted by molar-refractivity contribution is 8.04. The van der Waals surface area contributed by atoms with Gasteiger partial charge in [0.25, 0.3) is 5.91 Å². The van der Waals surface area contributed by atoms with E-state index in [0.717, 1.165) is 54.9 Å². The monoisotopic (exact) mass is 451 g/mol. The van der Waals surface area contributed by atoms with Crippen molar-refractivity contribution in [2.45, 2.75) is 37.0 Å². The molecule has 1 atom stereocenters. The van der Waals surface area contributed by atoms with Crippen LogP contribution in [-0.2, 0) is 4.79 Å². The van der Waals surface area contributed by atoms with E-state index in [0.29, 0.717) is 16.9 Å². The quantitative estimate of drug-likeness (QED) is 0.525. The Kier molecular flexibility index (Phi) is 4.46. The summed E-state index contributed by atoms with van der Waals surface area (Å²) in [6, 6.07) is 2.26. The number of imidazole rings is 1. The first-order chi connectivity index (χ1) is 15.5. The molecule has 2 fully saturated rings. The van der Waals surface area contributed by atoms with E-state index in [1.807, 2.05) is 17.0 Å². The fraction of sp³-hybridized carbons (Fsp3) is 0.381. The van der Waals surface area contributed by atoms with Gasteiger partial charge in [-0.25, -0.2) is 9.78 Å². The number of allylic oxidation sites excluding steroid dienone is 1. The summed E-state index contributed by atoms with van der Waals surface area (Å²) < 4.78 is 1.69. The Morgan fingerprint density at radius 2 is 2.16 bits per heavy atom. The maximum atomic E-state index is 12.6. The highest BCUT2D eigenvalue weighted by Gasteiger charge is 2.30. The number of H-pyrrole nitrogens is 2. The number of hydrogen-bond donors (Lipinski definition) is 3. The Labute approximate surface area is 185 Å². The molecule has 11 heteroatoms. The van der Waals surface area contributed by atoms with Crippen molar-refractivity contribution in [1.82, 2.24) is 29.5 Å². The van der Waals surface area contributed by atoms with Crippen molar-refractivity contribution in [1.29, 1.82) is 0 Å². The van der Waals surface area contributed by atoms with Crippen LogP contribution in [-0.4, -0.2) is 59.6 Å². The van der Waals surface area contributed by atoms with Gasteiger partial charge in [0.15, 0.2) is 11.1 Å². The van der Waals surface area contributed by atoms with Crippen LogP contribution in [0.5, 0.6) is 5.88 Å². The minimum absolute atomic E-state index is 0.0246. The Balaban J connectivity index is 1.41. The van der Waals surface area contributed by atoms with Crippen LogP contribution >= 0.6 is 11.8 Å². The molecule has 2 aliphatic heterocycles. The number of carbonyl (C=O) groups excluding carboxylic acids is 1. The lowest BCUT2D eigenvalue weighted by Gasteiger charge is -2.31. The molecule has 1 amide bonds. The molecule has 5 heterocycles. The predicted molar refractivity (Wildman–Crippen MR) is 118 cm³/mol. The molecule has 0 bridgehead atoms. The number of hydrogen-bond acceptors (Lipinski definition) is 7. The summed E-state index contributed by atoms with van der Waals surface area (Å²) in [4.78, 5) is 41.3. The van der Waals surface area contributed by atoms with Gasteiger partial charge < -0.3 is 15.0 Å². The molecule has 10 nitrogen and oxygen atoms in total. The van der Waals surface area contributed by atoms with E-state index in [-0.39, 0.29) is 22.7 Å². The standard InChI is InChI=1S/C21H21N7O3S/c29-19-14(25-21(31)26-19)8-11-10-22-28-17(23-12-2-3-12)9-13(24-18(11)28)15-4-5-16(32-15)20(30)27-6-1-7-27/h5,8-10,12,15,29H,1-4,6-7H2,(H2,25,26,31). The summed E-state index contributed by atoms with van der Waals surface area (Å²) in [5.74, 6) is -0.129. The Morgan fingerprint density at radius 3 is 2.84 bits per heavy atom. The van der Waals surface area contributed by atoms with Gasteiger partial charge in [-0.15, -0.1) is 11.8 Å². The van der Waals surface area contributed by atoms with Crippen molar-refractivity contribution in [2.75, 3.05) is 13.1 Å². The lowest BCUT2D eigenvalue weighted by atomic mass is 10.2. The number of aromatic nitrogens is 5. The Hall–Kier alpha value is -3.34. The SMILES string of the molecule is O=C(C1=CCC(c2cc(=NC3CC3)n3ncc(=Cc4[nH]c(=O)[nH]c4O)c3n2)S1)N1CCC1. The van der Waals surface area contributed by atoms with E-state index in [9.17, 15) is 14.7 Å². The second-order valence-electron chi connectivity index (χ2n) is 8.28. The molecule has 1 aliphatic carbocycles. The van der Waals surface area contributed by atoms with Gasteiger partial charge >= 0.3 is 5.69 Å². The summed E-state index contributed by atoms with van der Waals surface area (Å²) >= 11 is 1.55. The maximum Gasteiger partial charge on any atom is 0.326 e. The van der Waals surface area contributed by atoms with E-state index in [1.165, 1.54) is 0 Å². The number of aromatic amines is 2. The first kappa shape index (κ1) is 19.4. The molecule has 3 aromatic rings. The van der Waals surface area contributed by atoms with Crippen LogP contribution in [0.4, 0.5) is 0 Å². The fourth-order valence-corrected chi connectivity index (χ4v) is 5.00. The largest absolute Gasteiger partial charge is 0.493 e. The summed E-state index contributed by atoms with van der Waals surface area (Å²) in [5, 5.41) is 15.1. The second-order valence-corrected chi connectivity index (χ2v) is 9.52. The van der Waals surface area contributed by atoms with E-state index in [2.05, 4.69) is 15.1 Å². The van der Waals surface area contributed by atoms with Crippen molar-refractivity contribution >= 4 is 29.4 Å². The Morgan fingerprint density at radius 1 is 1.31 bits per heavy atom. The van der Waals surface area contributed by atoms with Crippen molar-refractivity contribution in [3.8, 4) is 5.88 Å². The number of nitrogens with one attached hydrogen (secondary N) is 2. The van der Waals surface area contributed by atoms with E-state index in [4.69, 9.17) is 9.98 Å². The van der Waals surface area contributed by atoms with Gasteiger partial charge in [-0.2, -0.15) is 9.61 Å². The number of rotatable bonds is 4. The lowest BCUT2D eigenvalue weighted by Crippen LogP contribution is -2.42. The van der Waals surface area contributed by atoms with Crippen molar-refractivity contribution in [3.63, 3.8) is 0 Å². The first-order valence-corrected chi connectivity index (χ1v) is 11.5. The molecule has 3 aromatic heterocycles. The molecule has 32 heavy (non-hydrogen) atoms. The Bertz CT molecular complexity index is 1440. The average Bonchev–Trinajstić information content (AvgIpc) is 3.11. The van der Waals surface area contributed by atoms with Gasteiger partial charge in [-0.3, -0.25) is 14.8 Å². The summed E-state index contributed by atoms with van der Waals surface area (Å²) in [7, 11) is 0. The zero-order valence-electron chi connectivity index (χ0n) is 17.1. The second kappa shape index (κ2) is 7.37. The molecule has 6 rings (SSSR count). The predicted octanol–water partition coefficient (Wildman–Crippen LogP) is 0.356. The minimum atomic E-state index is -0.490. The number of thioether (sulfide) groups is 1. The molecule has 0 spiro atoms. The van der Waals surface area contributed by atoms with E-state index >= 15 is 0 Å². The van der Waals surface area contributed by atoms with Crippen molar-refractivity contribution in [2.24, 2.45) is 4.99 Å². The van der Waals surface area contributed by atoms with Gasteiger partial charge in [0.2, 0.25) is 5.88 Å². The van der Waals surface area contributed by atoms with Gasteiger partial charge in [0.1, 0.15) is 5.69 Å². The van der Waals surface area contributed by atoms with Crippen LogP contribution in [0.25, 0.3) is 11.7 Å². The van der Waals surface area contributed by atoms with E-state index < -0.39 is 5.69 Å².